The van der Waals surface area contributed by atoms with E-state index in [0.29, 0.717) is 21.7 Å². The van der Waals surface area contributed by atoms with Crippen LogP contribution in [0.25, 0.3) is 6.08 Å². The number of hydrogen-bond acceptors (Lipinski definition) is 6. The highest BCUT2D eigenvalue weighted by Gasteiger charge is 2.10. The first kappa shape index (κ1) is 17.4. The Bertz CT molecular complexity index is 826. The Balaban J connectivity index is 2.05. The number of carbonyl (C=O) groups excluding carboxylic acids is 2. The van der Waals surface area contributed by atoms with Gasteiger partial charge < -0.3 is 10.1 Å². The molecule has 0 aliphatic carbocycles. The van der Waals surface area contributed by atoms with Gasteiger partial charge in [0, 0.05) is 22.7 Å². The average molecular weight is 346 g/mol. The van der Waals surface area contributed by atoms with E-state index < -0.39 is 10.9 Å². The maximum atomic E-state index is 11.9. The third-order valence-corrected chi connectivity index (χ3v) is 4.10. The molecule has 8 heteroatoms. The van der Waals surface area contributed by atoms with Crippen LogP contribution in [0, 0.1) is 17.0 Å². The van der Waals surface area contributed by atoms with Crippen LogP contribution in [-0.4, -0.2) is 23.9 Å². The quantitative estimate of drug-likeness (QED) is 0.387. The van der Waals surface area contributed by atoms with Crippen molar-refractivity contribution in [3.8, 4) is 0 Å². The van der Waals surface area contributed by atoms with Crippen LogP contribution in [-0.2, 0) is 9.53 Å². The van der Waals surface area contributed by atoms with Gasteiger partial charge in [-0.3, -0.25) is 14.9 Å². The van der Waals surface area contributed by atoms with E-state index in [2.05, 4.69) is 10.1 Å². The number of amides is 1. The van der Waals surface area contributed by atoms with E-state index >= 15 is 0 Å². The first-order valence-electron chi connectivity index (χ1n) is 6.83. The van der Waals surface area contributed by atoms with Crippen molar-refractivity contribution in [3.05, 3.63) is 62.5 Å². The molecule has 0 aliphatic heterocycles. The van der Waals surface area contributed by atoms with Crippen LogP contribution in [0.3, 0.4) is 0 Å². The number of thiophene rings is 1. The molecule has 2 aromatic rings. The number of benzene rings is 1. The van der Waals surface area contributed by atoms with Crippen molar-refractivity contribution >= 4 is 40.0 Å². The van der Waals surface area contributed by atoms with Gasteiger partial charge in [0.25, 0.3) is 0 Å². The van der Waals surface area contributed by atoms with Crippen molar-refractivity contribution in [1.82, 2.24) is 0 Å². The number of esters is 1. The Labute approximate surface area is 141 Å². The monoisotopic (exact) mass is 346 g/mol. The van der Waals surface area contributed by atoms with Gasteiger partial charge in [-0.25, -0.2) is 4.79 Å². The predicted molar refractivity (Wildman–Crippen MR) is 91.2 cm³/mol. The first-order chi connectivity index (χ1) is 11.4. The van der Waals surface area contributed by atoms with Gasteiger partial charge in [0.15, 0.2) is 0 Å². The summed E-state index contributed by atoms with van der Waals surface area (Å²) in [7, 11) is 1.30. The highest BCUT2D eigenvalue weighted by Crippen LogP contribution is 2.25. The van der Waals surface area contributed by atoms with Gasteiger partial charge in [-0.05, 0) is 42.8 Å². The number of hydrogen-bond donors (Lipinski definition) is 1. The van der Waals surface area contributed by atoms with Crippen molar-refractivity contribution in [2.75, 3.05) is 12.4 Å². The van der Waals surface area contributed by atoms with Gasteiger partial charge >= 0.3 is 11.0 Å². The van der Waals surface area contributed by atoms with Crippen molar-refractivity contribution in [1.29, 1.82) is 0 Å². The van der Waals surface area contributed by atoms with Crippen LogP contribution >= 0.6 is 11.3 Å². The van der Waals surface area contributed by atoms with Crippen LogP contribution in [0.4, 0.5) is 10.7 Å². The Kier molecular flexibility index (Phi) is 5.43. The van der Waals surface area contributed by atoms with Crippen molar-refractivity contribution in [3.63, 3.8) is 0 Å². The molecular formula is C16H14N2O5S. The minimum atomic E-state index is -0.478. The van der Waals surface area contributed by atoms with Crippen molar-refractivity contribution in [2.24, 2.45) is 0 Å². The first-order valence-corrected chi connectivity index (χ1v) is 7.64. The van der Waals surface area contributed by atoms with Crippen LogP contribution in [0.5, 0.6) is 0 Å². The molecule has 0 atom stereocenters. The molecule has 1 aromatic carbocycles. The molecule has 1 heterocycles. The molecule has 124 valence electrons. The lowest BCUT2D eigenvalue weighted by Crippen LogP contribution is -2.10. The lowest BCUT2D eigenvalue weighted by molar-refractivity contribution is -0.380. The number of nitro groups is 1. The molecule has 0 unspecified atom stereocenters. The lowest BCUT2D eigenvalue weighted by atomic mass is 10.1. The van der Waals surface area contributed by atoms with E-state index in [1.807, 2.05) is 0 Å². The van der Waals surface area contributed by atoms with E-state index in [-0.39, 0.29) is 10.9 Å². The largest absolute Gasteiger partial charge is 0.465 e. The second-order valence-electron chi connectivity index (χ2n) is 4.78. The molecule has 1 N–H and O–H groups in total. The summed E-state index contributed by atoms with van der Waals surface area (Å²) < 4.78 is 4.63. The zero-order valence-corrected chi connectivity index (χ0v) is 13.8. The fraction of sp³-hybridized carbons (Fsp3) is 0.125. The van der Waals surface area contributed by atoms with Gasteiger partial charge in [0.2, 0.25) is 5.91 Å². The second kappa shape index (κ2) is 7.51. The number of rotatable bonds is 5. The average Bonchev–Trinajstić information content (AvgIpc) is 3.03. The van der Waals surface area contributed by atoms with E-state index in [0.717, 1.165) is 11.3 Å². The predicted octanol–water partition coefficient (Wildman–Crippen LogP) is 3.40. The molecule has 0 spiro atoms. The highest BCUT2D eigenvalue weighted by atomic mass is 32.1. The summed E-state index contributed by atoms with van der Waals surface area (Å²) in [4.78, 5) is 34.1. The minimum absolute atomic E-state index is 0.0179. The Morgan fingerprint density at radius 1 is 1.29 bits per heavy atom. The SMILES string of the molecule is COC(=O)c1ccc(NC(=O)/C=C/c2ccc([N+](=O)[O-])s2)c(C)c1. The molecule has 1 aromatic heterocycles. The second-order valence-corrected chi connectivity index (χ2v) is 5.87. The number of carbonyl (C=O) groups is 2. The van der Waals surface area contributed by atoms with Crippen LogP contribution in [0.15, 0.2) is 36.4 Å². The number of anilines is 1. The molecule has 0 saturated heterocycles. The Morgan fingerprint density at radius 3 is 2.62 bits per heavy atom. The summed E-state index contributed by atoms with van der Waals surface area (Å²) in [5.41, 5.74) is 1.68. The lowest BCUT2D eigenvalue weighted by Gasteiger charge is -2.08. The van der Waals surface area contributed by atoms with E-state index in [1.54, 1.807) is 31.2 Å². The third-order valence-electron chi connectivity index (χ3n) is 3.10. The fourth-order valence-corrected chi connectivity index (χ4v) is 2.64. The van der Waals surface area contributed by atoms with Gasteiger partial charge in [-0.15, -0.1) is 0 Å². The van der Waals surface area contributed by atoms with Gasteiger partial charge in [-0.1, -0.05) is 11.3 Å². The van der Waals surface area contributed by atoms with E-state index in [4.69, 9.17) is 0 Å². The number of ether oxygens (including phenoxy) is 1. The molecule has 0 saturated carbocycles. The van der Waals surface area contributed by atoms with Gasteiger partial charge in [0.1, 0.15) is 0 Å². The topological polar surface area (TPSA) is 98.5 Å². The summed E-state index contributed by atoms with van der Waals surface area (Å²) in [6.07, 6.45) is 2.80. The standard InChI is InChI=1S/C16H14N2O5S/c1-10-9-11(16(20)23-2)3-6-13(10)17-14(19)7-4-12-5-8-15(24-12)18(21)22/h3-9H,1-2H3,(H,17,19)/b7-4+. The highest BCUT2D eigenvalue weighted by molar-refractivity contribution is 7.16. The number of nitrogens with one attached hydrogen (secondary N) is 1. The molecule has 1 amide bonds. The zero-order valence-electron chi connectivity index (χ0n) is 12.9. The summed E-state index contributed by atoms with van der Waals surface area (Å²) in [6, 6.07) is 7.75. The summed E-state index contributed by atoms with van der Waals surface area (Å²) in [5.74, 6) is -0.824. The normalized spacial score (nSPS) is 10.6. The van der Waals surface area contributed by atoms with E-state index in [1.165, 1.54) is 25.3 Å². The number of aryl methyl sites for hydroxylation is 1. The molecule has 24 heavy (non-hydrogen) atoms. The van der Waals surface area contributed by atoms with Crippen molar-refractivity contribution in [2.45, 2.75) is 6.92 Å². The molecule has 0 fully saturated rings. The number of nitrogens with zero attached hydrogens (tertiary/aromatic N) is 1. The molecular weight excluding hydrogens is 332 g/mol. The van der Waals surface area contributed by atoms with Crippen molar-refractivity contribution < 1.29 is 19.2 Å². The third kappa shape index (κ3) is 4.26. The van der Waals surface area contributed by atoms with Crippen LogP contribution in [0.1, 0.15) is 20.8 Å². The zero-order chi connectivity index (χ0) is 17.7. The van der Waals surface area contributed by atoms with Gasteiger partial charge in [0.05, 0.1) is 17.6 Å². The maximum Gasteiger partial charge on any atom is 0.337 e. The molecule has 2 rings (SSSR count). The fourth-order valence-electron chi connectivity index (χ4n) is 1.91. The molecule has 0 radical (unpaired) electrons. The smallest absolute Gasteiger partial charge is 0.337 e. The Hall–Kier alpha value is -3.00. The van der Waals surface area contributed by atoms with Crippen LogP contribution < -0.4 is 5.32 Å². The summed E-state index contributed by atoms with van der Waals surface area (Å²) in [5, 5.41) is 13.3. The molecule has 7 nitrogen and oxygen atoms in total. The summed E-state index contributed by atoms with van der Waals surface area (Å²) >= 11 is 0.983. The summed E-state index contributed by atoms with van der Waals surface area (Å²) in [6.45, 7) is 1.76. The maximum absolute atomic E-state index is 11.9. The molecule has 0 bridgehead atoms. The van der Waals surface area contributed by atoms with E-state index in [9.17, 15) is 19.7 Å². The molecule has 0 aliphatic rings. The van der Waals surface area contributed by atoms with Crippen LogP contribution in [0.2, 0.25) is 0 Å². The minimum Gasteiger partial charge on any atom is -0.465 e. The Morgan fingerprint density at radius 2 is 2.04 bits per heavy atom. The number of methoxy groups -OCH3 is 1. The van der Waals surface area contributed by atoms with Gasteiger partial charge in [-0.2, -0.15) is 0 Å².